The summed E-state index contributed by atoms with van der Waals surface area (Å²) in [7, 11) is 0. The summed E-state index contributed by atoms with van der Waals surface area (Å²) in [5.41, 5.74) is 8.60. The highest BCUT2D eigenvalue weighted by Crippen LogP contribution is 2.53. The third kappa shape index (κ3) is 3.58. The van der Waals surface area contributed by atoms with E-state index in [1.165, 1.54) is 16.0 Å². The second-order valence-corrected chi connectivity index (χ2v) is 11.7. The summed E-state index contributed by atoms with van der Waals surface area (Å²) in [5, 5.41) is 0. The van der Waals surface area contributed by atoms with Gasteiger partial charge in [0.2, 0.25) is 0 Å². The number of carbonyl (C=O) groups excluding carboxylic acids is 2. The average molecular weight is 515 g/mol. The van der Waals surface area contributed by atoms with Gasteiger partial charge in [0.05, 0.1) is 33.9 Å². The first kappa shape index (κ1) is 25.1. The van der Waals surface area contributed by atoms with Crippen LogP contribution >= 0.6 is 0 Å². The van der Waals surface area contributed by atoms with Crippen LogP contribution < -0.4 is 9.80 Å². The van der Waals surface area contributed by atoms with Crippen molar-refractivity contribution in [1.29, 1.82) is 0 Å². The summed E-state index contributed by atoms with van der Waals surface area (Å²) in [6.07, 6.45) is 0. The average Bonchev–Trinajstić information content (AvgIpc) is 3.18. The quantitative estimate of drug-likeness (QED) is 0.255. The van der Waals surface area contributed by atoms with E-state index in [9.17, 15) is 9.59 Å². The molecule has 0 saturated heterocycles. The Morgan fingerprint density at radius 3 is 1.59 bits per heavy atom. The molecule has 0 atom stereocenters. The molecule has 4 nitrogen and oxygen atoms in total. The Balaban J connectivity index is 1.59. The van der Waals surface area contributed by atoms with Gasteiger partial charge >= 0.3 is 0 Å². The molecule has 4 aromatic rings. The number of imide groups is 1. The Morgan fingerprint density at radius 1 is 0.564 bits per heavy atom. The van der Waals surface area contributed by atoms with Gasteiger partial charge < -0.3 is 4.90 Å². The van der Waals surface area contributed by atoms with E-state index in [0.717, 1.165) is 33.9 Å². The largest absolute Gasteiger partial charge is 0.309 e. The molecule has 0 N–H and O–H groups in total. The minimum absolute atomic E-state index is 0.158. The van der Waals surface area contributed by atoms with E-state index in [0.29, 0.717) is 11.1 Å². The second kappa shape index (κ2) is 8.94. The van der Waals surface area contributed by atoms with Crippen LogP contribution in [0.15, 0.2) is 84.9 Å². The fourth-order valence-electron chi connectivity index (χ4n) is 6.36. The van der Waals surface area contributed by atoms with Crippen LogP contribution in [0.1, 0.15) is 96.3 Å². The topological polar surface area (TPSA) is 40.6 Å². The number of nitrogens with zero attached hydrogens (tertiary/aromatic N) is 2. The summed E-state index contributed by atoms with van der Waals surface area (Å²) in [6.45, 7) is 12.9. The smallest absolute Gasteiger partial charge is 0.268 e. The van der Waals surface area contributed by atoms with Crippen LogP contribution in [-0.4, -0.2) is 11.8 Å². The van der Waals surface area contributed by atoms with Crippen molar-refractivity contribution < 1.29 is 9.59 Å². The number of fused-ring (bicyclic) bond motifs is 3. The second-order valence-electron chi connectivity index (χ2n) is 11.7. The maximum absolute atomic E-state index is 14.5. The number of para-hydroxylation sites is 3. The van der Waals surface area contributed by atoms with Crippen molar-refractivity contribution in [3.63, 3.8) is 0 Å². The first-order chi connectivity index (χ1) is 18.6. The molecule has 2 aliphatic rings. The van der Waals surface area contributed by atoms with E-state index in [1.54, 1.807) is 6.07 Å². The number of amides is 2. The highest BCUT2D eigenvalue weighted by Gasteiger charge is 2.44. The van der Waals surface area contributed by atoms with Crippen molar-refractivity contribution in [3.8, 4) is 0 Å². The predicted molar refractivity (Wildman–Crippen MR) is 159 cm³/mol. The molecule has 0 radical (unpaired) electrons. The molecular formula is C35H34N2O2. The van der Waals surface area contributed by atoms with Gasteiger partial charge in [-0.15, -0.1) is 0 Å². The number of hydrogen-bond donors (Lipinski definition) is 0. The Labute approximate surface area is 230 Å². The van der Waals surface area contributed by atoms with Gasteiger partial charge in [-0.05, 0) is 58.4 Å². The van der Waals surface area contributed by atoms with Crippen LogP contribution in [0.2, 0.25) is 0 Å². The van der Waals surface area contributed by atoms with Crippen LogP contribution in [0, 0.1) is 0 Å². The molecule has 0 aliphatic carbocycles. The molecule has 4 aromatic carbocycles. The van der Waals surface area contributed by atoms with Crippen LogP contribution in [0.4, 0.5) is 22.7 Å². The molecule has 0 fully saturated rings. The van der Waals surface area contributed by atoms with E-state index >= 15 is 0 Å². The highest BCUT2D eigenvalue weighted by atomic mass is 16.2. The molecule has 0 unspecified atom stereocenters. The molecule has 4 heteroatoms. The van der Waals surface area contributed by atoms with Crippen LogP contribution in [0.25, 0.3) is 0 Å². The fourth-order valence-corrected chi connectivity index (χ4v) is 6.36. The zero-order valence-electron chi connectivity index (χ0n) is 23.4. The standard InChI is InChI=1S/C35H34N2O2/c1-21(2)23-13-11-14-24(22(3)4)32(23)37-33(38)25-15-12-20-30(31(25)34(37)39)36-28-18-9-7-16-26(28)35(5,6)27-17-8-10-19-29(27)36/h7-22H,1-6H3. The molecule has 2 aliphatic heterocycles. The highest BCUT2D eigenvalue weighted by molar-refractivity contribution is 6.36. The van der Waals surface area contributed by atoms with Crippen LogP contribution in [0.3, 0.4) is 0 Å². The molecule has 39 heavy (non-hydrogen) atoms. The molecule has 6 rings (SSSR count). The Morgan fingerprint density at radius 2 is 1.05 bits per heavy atom. The summed E-state index contributed by atoms with van der Waals surface area (Å²) in [4.78, 5) is 32.1. The van der Waals surface area contributed by atoms with E-state index in [2.05, 4.69) is 82.8 Å². The third-order valence-corrected chi connectivity index (χ3v) is 8.34. The first-order valence-electron chi connectivity index (χ1n) is 13.8. The number of carbonyl (C=O) groups is 2. The van der Waals surface area contributed by atoms with E-state index < -0.39 is 0 Å². The molecule has 0 aromatic heterocycles. The lowest BCUT2D eigenvalue weighted by molar-refractivity contribution is 0.0925. The molecule has 2 amide bonds. The Bertz CT molecular complexity index is 1570. The van der Waals surface area contributed by atoms with Crippen LogP contribution in [-0.2, 0) is 5.41 Å². The number of anilines is 4. The maximum atomic E-state index is 14.5. The molecule has 0 bridgehead atoms. The lowest BCUT2D eigenvalue weighted by Gasteiger charge is -2.42. The molecule has 2 heterocycles. The third-order valence-electron chi connectivity index (χ3n) is 8.34. The maximum Gasteiger partial charge on any atom is 0.268 e. The van der Waals surface area contributed by atoms with Crippen LogP contribution in [0.5, 0.6) is 0 Å². The monoisotopic (exact) mass is 514 g/mol. The Hall–Kier alpha value is -4.18. The van der Waals surface area contributed by atoms with Gasteiger partial charge in [-0.25, -0.2) is 4.90 Å². The van der Waals surface area contributed by atoms with E-state index in [1.807, 2.05) is 42.5 Å². The van der Waals surface area contributed by atoms with Gasteiger partial charge in [0.25, 0.3) is 11.8 Å². The molecular weight excluding hydrogens is 480 g/mol. The van der Waals surface area contributed by atoms with Gasteiger partial charge in [0.1, 0.15) is 0 Å². The van der Waals surface area contributed by atoms with Gasteiger partial charge in [-0.3, -0.25) is 9.59 Å². The number of benzene rings is 4. The molecule has 0 spiro atoms. The lowest BCUT2D eigenvalue weighted by atomic mass is 9.73. The summed E-state index contributed by atoms with van der Waals surface area (Å²) < 4.78 is 0. The van der Waals surface area contributed by atoms with Crippen molar-refractivity contribution in [3.05, 3.63) is 118 Å². The van der Waals surface area contributed by atoms with E-state index in [4.69, 9.17) is 0 Å². The summed E-state index contributed by atoms with van der Waals surface area (Å²) in [6, 6.07) is 28.5. The zero-order chi connectivity index (χ0) is 27.6. The van der Waals surface area contributed by atoms with Crippen molar-refractivity contribution in [1.82, 2.24) is 0 Å². The van der Waals surface area contributed by atoms with Crippen molar-refractivity contribution in [2.24, 2.45) is 0 Å². The predicted octanol–water partition coefficient (Wildman–Crippen LogP) is 8.84. The summed E-state index contributed by atoms with van der Waals surface area (Å²) >= 11 is 0. The lowest BCUT2D eigenvalue weighted by Crippen LogP contribution is -2.33. The minimum atomic E-state index is -0.264. The van der Waals surface area contributed by atoms with Gasteiger partial charge in [-0.1, -0.05) is 102 Å². The van der Waals surface area contributed by atoms with Gasteiger partial charge in [-0.2, -0.15) is 0 Å². The molecule has 0 saturated carbocycles. The fraction of sp³-hybridized carbons (Fsp3) is 0.257. The SMILES string of the molecule is CC(C)c1cccc(C(C)C)c1N1C(=O)c2cccc(N3c4ccccc4C(C)(C)c4ccccc43)c2C1=O. The van der Waals surface area contributed by atoms with Crippen molar-refractivity contribution >= 4 is 34.6 Å². The summed E-state index contributed by atoms with van der Waals surface area (Å²) in [5.74, 6) is -0.206. The number of rotatable bonds is 4. The minimum Gasteiger partial charge on any atom is -0.309 e. The molecule has 196 valence electrons. The van der Waals surface area contributed by atoms with Gasteiger partial charge in [0, 0.05) is 5.41 Å². The Kier molecular flexibility index (Phi) is 5.76. The zero-order valence-corrected chi connectivity index (χ0v) is 23.4. The van der Waals surface area contributed by atoms with Crippen molar-refractivity contribution in [2.45, 2.75) is 58.8 Å². The normalized spacial score (nSPS) is 15.6. The number of hydrogen-bond acceptors (Lipinski definition) is 3. The van der Waals surface area contributed by atoms with Crippen molar-refractivity contribution in [2.75, 3.05) is 9.80 Å². The van der Waals surface area contributed by atoms with Gasteiger partial charge in [0.15, 0.2) is 0 Å². The van der Waals surface area contributed by atoms with E-state index in [-0.39, 0.29) is 29.1 Å². The first-order valence-corrected chi connectivity index (χ1v) is 13.8.